The smallest absolute Gasteiger partial charge is 0.377 e. The fraction of sp³-hybridized carbons (Fsp3) is 0.778. The summed E-state index contributed by atoms with van der Waals surface area (Å²) in [7, 11) is 2.42. The van der Waals surface area contributed by atoms with Crippen LogP contribution in [0.5, 0.6) is 0 Å². The Balaban J connectivity index is 4.61. The van der Waals surface area contributed by atoms with Gasteiger partial charge in [0.25, 0.3) is 0 Å². The third-order valence-corrected chi connectivity index (χ3v) is 5.92. The van der Waals surface area contributed by atoms with E-state index in [1.54, 1.807) is 21.3 Å². The van der Waals surface area contributed by atoms with Crippen LogP contribution in [0.2, 0.25) is 5.54 Å². The molecule has 0 aromatic heterocycles. The summed E-state index contributed by atoms with van der Waals surface area (Å²) in [5, 5.41) is 0. The Hall–Kier alpha value is -0.163. The molecular formula is C9H20O3Si. The minimum atomic E-state index is -2.48. The van der Waals surface area contributed by atoms with Crippen LogP contribution in [-0.4, -0.2) is 30.1 Å². The number of rotatable bonds is 6. The summed E-state index contributed by atoms with van der Waals surface area (Å²) in [5.41, 5.74) is 0.227. The third-order valence-electron chi connectivity index (χ3n) is 2.57. The third kappa shape index (κ3) is 2.64. The summed E-state index contributed by atoms with van der Waals surface area (Å²) in [6.07, 6.45) is 1.89. The second kappa shape index (κ2) is 5.54. The second-order valence-electron chi connectivity index (χ2n) is 3.10. The Morgan fingerprint density at radius 2 is 1.46 bits per heavy atom. The van der Waals surface area contributed by atoms with Crippen LogP contribution in [0.25, 0.3) is 0 Å². The first kappa shape index (κ1) is 12.8. The first-order valence-electron chi connectivity index (χ1n) is 4.36. The molecule has 0 heterocycles. The van der Waals surface area contributed by atoms with Crippen molar-refractivity contribution in [3.8, 4) is 0 Å². The predicted molar refractivity (Wildman–Crippen MR) is 55.6 cm³/mol. The largest absolute Gasteiger partial charge is 0.503 e. The van der Waals surface area contributed by atoms with Gasteiger partial charge in [0, 0.05) is 26.9 Å². The zero-order valence-electron chi connectivity index (χ0n) is 9.16. The quantitative estimate of drug-likeness (QED) is 0.490. The molecule has 4 heteroatoms. The lowest BCUT2D eigenvalue weighted by Gasteiger charge is -2.32. The molecule has 3 nitrogen and oxygen atoms in total. The lowest BCUT2D eigenvalue weighted by atomic mass is 10.1. The summed E-state index contributed by atoms with van der Waals surface area (Å²) < 4.78 is 16.1. The predicted octanol–water partition coefficient (Wildman–Crippen LogP) is 2.08. The molecule has 0 amide bonds. The summed E-state index contributed by atoms with van der Waals surface area (Å²) >= 11 is 0. The molecule has 0 bridgehead atoms. The molecule has 0 spiro atoms. The molecule has 2 atom stereocenters. The molecule has 2 unspecified atom stereocenters. The van der Waals surface area contributed by atoms with Crippen molar-refractivity contribution in [2.45, 2.75) is 19.4 Å². The Labute approximate surface area is 82.1 Å². The zero-order chi connectivity index (χ0) is 10.5. The van der Waals surface area contributed by atoms with Crippen molar-refractivity contribution in [1.29, 1.82) is 0 Å². The van der Waals surface area contributed by atoms with Crippen LogP contribution in [0, 0.1) is 5.92 Å². The van der Waals surface area contributed by atoms with Crippen molar-refractivity contribution in [3.05, 3.63) is 12.7 Å². The van der Waals surface area contributed by atoms with E-state index < -0.39 is 8.80 Å². The highest BCUT2D eigenvalue weighted by Crippen LogP contribution is 2.31. The van der Waals surface area contributed by atoms with Crippen LogP contribution < -0.4 is 0 Å². The van der Waals surface area contributed by atoms with Crippen LogP contribution in [0.15, 0.2) is 12.7 Å². The monoisotopic (exact) mass is 204 g/mol. The fourth-order valence-electron chi connectivity index (χ4n) is 1.33. The highest BCUT2D eigenvalue weighted by molar-refractivity contribution is 6.62. The van der Waals surface area contributed by atoms with Crippen LogP contribution in [-0.2, 0) is 13.3 Å². The van der Waals surface area contributed by atoms with Crippen molar-refractivity contribution in [2.24, 2.45) is 5.92 Å². The first-order valence-corrected chi connectivity index (χ1v) is 6.16. The van der Waals surface area contributed by atoms with E-state index in [4.69, 9.17) is 13.3 Å². The highest BCUT2D eigenvalue weighted by Gasteiger charge is 2.46. The van der Waals surface area contributed by atoms with Gasteiger partial charge in [-0.25, -0.2) is 0 Å². The van der Waals surface area contributed by atoms with Gasteiger partial charge in [-0.1, -0.05) is 19.9 Å². The van der Waals surface area contributed by atoms with Gasteiger partial charge in [0.15, 0.2) is 0 Å². The lowest BCUT2D eigenvalue weighted by molar-refractivity contribution is 0.108. The summed E-state index contributed by atoms with van der Waals surface area (Å²) in [4.78, 5) is 0. The van der Waals surface area contributed by atoms with E-state index in [-0.39, 0.29) is 5.54 Å². The average molecular weight is 204 g/mol. The molecule has 0 radical (unpaired) electrons. The highest BCUT2D eigenvalue weighted by atomic mass is 28.4. The van der Waals surface area contributed by atoms with E-state index in [1.807, 2.05) is 6.08 Å². The normalized spacial score (nSPS) is 16.7. The van der Waals surface area contributed by atoms with Gasteiger partial charge in [-0.05, 0) is 5.92 Å². The second-order valence-corrected chi connectivity index (χ2v) is 6.44. The van der Waals surface area contributed by atoms with Crippen molar-refractivity contribution in [1.82, 2.24) is 0 Å². The van der Waals surface area contributed by atoms with Gasteiger partial charge < -0.3 is 13.3 Å². The van der Waals surface area contributed by atoms with E-state index in [1.165, 1.54) is 0 Å². The van der Waals surface area contributed by atoms with Crippen molar-refractivity contribution in [2.75, 3.05) is 21.3 Å². The van der Waals surface area contributed by atoms with E-state index in [0.717, 1.165) is 0 Å². The van der Waals surface area contributed by atoms with E-state index >= 15 is 0 Å². The minimum absolute atomic E-state index is 0.227. The number of allylic oxidation sites excluding steroid dienone is 1. The molecule has 0 aliphatic rings. The Kier molecular flexibility index (Phi) is 5.47. The average Bonchev–Trinajstić information content (AvgIpc) is 2.20. The van der Waals surface area contributed by atoms with Gasteiger partial charge in [-0.3, -0.25) is 0 Å². The first-order chi connectivity index (χ1) is 6.07. The van der Waals surface area contributed by atoms with Gasteiger partial charge in [0.05, 0.1) is 0 Å². The SMILES string of the molecule is C=CC(C)C(C)[Si](OC)(OC)OC. The summed E-state index contributed by atoms with van der Waals surface area (Å²) in [5.74, 6) is 0.325. The molecule has 0 saturated heterocycles. The molecule has 0 aromatic carbocycles. The van der Waals surface area contributed by atoms with E-state index in [2.05, 4.69) is 20.4 Å². The Morgan fingerprint density at radius 3 is 1.69 bits per heavy atom. The number of hydrogen-bond donors (Lipinski definition) is 0. The van der Waals surface area contributed by atoms with Gasteiger partial charge in [-0.15, -0.1) is 6.58 Å². The maximum Gasteiger partial charge on any atom is 0.503 e. The fourth-order valence-corrected chi connectivity index (χ4v) is 3.73. The van der Waals surface area contributed by atoms with Gasteiger partial charge in [-0.2, -0.15) is 0 Å². The van der Waals surface area contributed by atoms with Crippen molar-refractivity contribution < 1.29 is 13.3 Å². The van der Waals surface area contributed by atoms with Crippen LogP contribution in [0.4, 0.5) is 0 Å². The molecule has 0 aliphatic carbocycles. The Bertz CT molecular complexity index is 149. The molecule has 13 heavy (non-hydrogen) atoms. The van der Waals surface area contributed by atoms with Crippen LogP contribution in [0.1, 0.15) is 13.8 Å². The molecule has 78 valence electrons. The number of hydrogen-bond acceptors (Lipinski definition) is 3. The summed E-state index contributed by atoms with van der Waals surface area (Å²) in [6, 6.07) is 0. The molecule has 0 aromatic rings. The van der Waals surface area contributed by atoms with Crippen molar-refractivity contribution in [3.63, 3.8) is 0 Å². The topological polar surface area (TPSA) is 27.7 Å². The van der Waals surface area contributed by atoms with Gasteiger partial charge >= 0.3 is 8.80 Å². The summed E-state index contributed by atoms with van der Waals surface area (Å²) in [6.45, 7) is 7.90. The zero-order valence-corrected chi connectivity index (χ0v) is 10.2. The Morgan fingerprint density at radius 1 is 1.08 bits per heavy atom. The van der Waals surface area contributed by atoms with Gasteiger partial charge in [0.2, 0.25) is 0 Å². The molecule has 0 saturated carbocycles. The molecule has 0 rings (SSSR count). The van der Waals surface area contributed by atoms with Gasteiger partial charge in [0.1, 0.15) is 0 Å². The molecule has 0 N–H and O–H groups in total. The molecule has 0 aliphatic heterocycles. The van der Waals surface area contributed by atoms with Crippen LogP contribution in [0.3, 0.4) is 0 Å². The molecular weight excluding hydrogens is 184 g/mol. The standard InChI is InChI=1S/C9H20O3Si/c1-7-8(2)9(3)13(10-4,11-5)12-6/h7-9H,1H2,2-6H3. The van der Waals surface area contributed by atoms with Crippen molar-refractivity contribution >= 4 is 8.80 Å². The molecule has 0 fully saturated rings. The minimum Gasteiger partial charge on any atom is -0.377 e. The van der Waals surface area contributed by atoms with Crippen LogP contribution >= 0.6 is 0 Å². The van der Waals surface area contributed by atoms with E-state index in [9.17, 15) is 0 Å². The maximum atomic E-state index is 5.37. The van der Waals surface area contributed by atoms with E-state index in [0.29, 0.717) is 5.92 Å². The lowest BCUT2D eigenvalue weighted by Crippen LogP contribution is -2.48. The maximum absolute atomic E-state index is 5.37.